The molecule has 0 saturated carbocycles. The first kappa shape index (κ1) is 12.3. The van der Waals surface area contributed by atoms with Crippen molar-refractivity contribution >= 4 is 15.9 Å². The van der Waals surface area contributed by atoms with Crippen molar-refractivity contribution in [3.8, 4) is 0 Å². The van der Waals surface area contributed by atoms with Gasteiger partial charge in [-0.05, 0) is 29.7 Å². The molecule has 3 nitrogen and oxygen atoms in total. The van der Waals surface area contributed by atoms with Gasteiger partial charge in [-0.2, -0.15) is 5.10 Å². The number of benzene rings is 1. The molecular formula is C13H15BrN2O. The Kier molecular flexibility index (Phi) is 3.64. The zero-order valence-electron chi connectivity index (χ0n) is 9.89. The summed E-state index contributed by atoms with van der Waals surface area (Å²) in [5.74, 6) is 0. The Morgan fingerprint density at radius 3 is 2.82 bits per heavy atom. The SMILES string of the molecule is Cc1ccc(C(O)Cc2cnn(C)c2)c(Br)c1. The van der Waals surface area contributed by atoms with E-state index in [1.54, 1.807) is 10.9 Å². The Hall–Kier alpha value is -1.13. The van der Waals surface area contributed by atoms with Gasteiger partial charge in [0.05, 0.1) is 12.3 Å². The maximum atomic E-state index is 10.2. The van der Waals surface area contributed by atoms with Crippen molar-refractivity contribution < 1.29 is 5.11 Å². The van der Waals surface area contributed by atoms with Gasteiger partial charge in [-0.25, -0.2) is 0 Å². The largest absolute Gasteiger partial charge is 0.388 e. The lowest BCUT2D eigenvalue weighted by atomic mass is 10.0. The second-order valence-electron chi connectivity index (χ2n) is 4.27. The zero-order chi connectivity index (χ0) is 12.4. The summed E-state index contributed by atoms with van der Waals surface area (Å²) < 4.78 is 2.69. The second kappa shape index (κ2) is 5.02. The summed E-state index contributed by atoms with van der Waals surface area (Å²) in [6.45, 7) is 2.03. The number of hydrogen-bond donors (Lipinski definition) is 1. The Balaban J connectivity index is 2.17. The van der Waals surface area contributed by atoms with Crippen LogP contribution in [0, 0.1) is 6.92 Å². The van der Waals surface area contributed by atoms with E-state index >= 15 is 0 Å². The summed E-state index contributed by atoms with van der Waals surface area (Å²) in [7, 11) is 1.87. The number of halogens is 1. The summed E-state index contributed by atoms with van der Waals surface area (Å²) in [4.78, 5) is 0. The molecule has 0 aliphatic rings. The van der Waals surface area contributed by atoms with E-state index in [1.807, 2.05) is 38.4 Å². The van der Waals surface area contributed by atoms with Crippen molar-refractivity contribution in [1.29, 1.82) is 0 Å². The first-order valence-electron chi connectivity index (χ1n) is 5.48. The van der Waals surface area contributed by atoms with E-state index in [9.17, 15) is 5.11 Å². The van der Waals surface area contributed by atoms with E-state index in [0.29, 0.717) is 6.42 Å². The topological polar surface area (TPSA) is 38.1 Å². The van der Waals surface area contributed by atoms with Crippen molar-refractivity contribution in [2.24, 2.45) is 7.05 Å². The maximum absolute atomic E-state index is 10.2. The molecule has 0 aliphatic heterocycles. The minimum absolute atomic E-state index is 0.505. The molecule has 1 N–H and O–H groups in total. The van der Waals surface area contributed by atoms with E-state index < -0.39 is 6.10 Å². The lowest BCUT2D eigenvalue weighted by molar-refractivity contribution is 0.177. The van der Waals surface area contributed by atoms with Crippen LogP contribution in [0.5, 0.6) is 0 Å². The van der Waals surface area contributed by atoms with Crippen molar-refractivity contribution in [3.63, 3.8) is 0 Å². The molecule has 17 heavy (non-hydrogen) atoms. The van der Waals surface area contributed by atoms with E-state index in [-0.39, 0.29) is 0 Å². The van der Waals surface area contributed by atoms with Crippen LogP contribution in [0.2, 0.25) is 0 Å². The third-order valence-electron chi connectivity index (χ3n) is 2.70. The number of hydrogen-bond acceptors (Lipinski definition) is 2. The molecule has 0 radical (unpaired) electrons. The molecule has 0 spiro atoms. The van der Waals surface area contributed by atoms with Crippen LogP contribution in [0.1, 0.15) is 22.8 Å². The predicted molar refractivity (Wildman–Crippen MR) is 70.8 cm³/mol. The van der Waals surface area contributed by atoms with Crippen LogP contribution < -0.4 is 0 Å². The zero-order valence-corrected chi connectivity index (χ0v) is 11.5. The number of aliphatic hydroxyl groups excluding tert-OH is 1. The first-order chi connectivity index (χ1) is 8.06. The van der Waals surface area contributed by atoms with Gasteiger partial charge < -0.3 is 5.11 Å². The quantitative estimate of drug-likeness (QED) is 0.945. The molecule has 0 amide bonds. The second-order valence-corrected chi connectivity index (χ2v) is 5.12. The van der Waals surface area contributed by atoms with Gasteiger partial charge in [0.15, 0.2) is 0 Å². The molecule has 1 aromatic heterocycles. The van der Waals surface area contributed by atoms with Gasteiger partial charge in [0.2, 0.25) is 0 Å². The Morgan fingerprint density at radius 1 is 1.47 bits per heavy atom. The predicted octanol–water partition coefficient (Wildman–Crippen LogP) is 2.77. The summed E-state index contributed by atoms with van der Waals surface area (Å²) >= 11 is 3.49. The Morgan fingerprint density at radius 2 is 2.24 bits per heavy atom. The minimum Gasteiger partial charge on any atom is -0.388 e. The van der Waals surface area contributed by atoms with E-state index in [1.165, 1.54) is 5.56 Å². The van der Waals surface area contributed by atoms with Gasteiger partial charge in [0.1, 0.15) is 0 Å². The molecule has 1 unspecified atom stereocenters. The molecular weight excluding hydrogens is 280 g/mol. The third-order valence-corrected chi connectivity index (χ3v) is 3.39. The minimum atomic E-state index is -0.505. The number of aryl methyl sites for hydroxylation is 2. The van der Waals surface area contributed by atoms with Crippen molar-refractivity contribution in [2.75, 3.05) is 0 Å². The van der Waals surface area contributed by atoms with Gasteiger partial charge in [0.25, 0.3) is 0 Å². The molecule has 2 aromatic rings. The van der Waals surface area contributed by atoms with Crippen LogP contribution in [0.3, 0.4) is 0 Å². The maximum Gasteiger partial charge on any atom is 0.0842 e. The lowest BCUT2D eigenvalue weighted by Crippen LogP contribution is -2.02. The highest BCUT2D eigenvalue weighted by Crippen LogP contribution is 2.26. The molecule has 1 heterocycles. The van der Waals surface area contributed by atoms with Gasteiger partial charge >= 0.3 is 0 Å². The van der Waals surface area contributed by atoms with Crippen LogP contribution >= 0.6 is 15.9 Å². The lowest BCUT2D eigenvalue weighted by Gasteiger charge is -2.12. The first-order valence-corrected chi connectivity index (χ1v) is 6.27. The highest BCUT2D eigenvalue weighted by molar-refractivity contribution is 9.10. The van der Waals surface area contributed by atoms with Crippen molar-refractivity contribution in [3.05, 3.63) is 51.8 Å². The number of nitrogens with zero attached hydrogens (tertiary/aromatic N) is 2. The fraction of sp³-hybridized carbons (Fsp3) is 0.308. The number of aromatic nitrogens is 2. The highest BCUT2D eigenvalue weighted by Gasteiger charge is 2.12. The summed E-state index contributed by atoms with van der Waals surface area (Å²) in [5.41, 5.74) is 3.13. The average molecular weight is 295 g/mol. The average Bonchev–Trinajstić information content (AvgIpc) is 2.63. The molecule has 0 aliphatic carbocycles. The standard InChI is InChI=1S/C13H15BrN2O/c1-9-3-4-11(12(14)5-9)13(17)6-10-7-15-16(2)8-10/h3-5,7-8,13,17H,6H2,1-2H3. The van der Waals surface area contributed by atoms with Crippen LogP contribution in [-0.2, 0) is 13.5 Å². The monoisotopic (exact) mass is 294 g/mol. The Labute approximate surface area is 109 Å². The smallest absolute Gasteiger partial charge is 0.0842 e. The highest BCUT2D eigenvalue weighted by atomic mass is 79.9. The summed E-state index contributed by atoms with van der Waals surface area (Å²) in [6, 6.07) is 5.98. The number of rotatable bonds is 3. The van der Waals surface area contributed by atoms with Crippen LogP contribution in [-0.4, -0.2) is 14.9 Å². The summed E-state index contributed by atoms with van der Waals surface area (Å²) in [5, 5.41) is 14.3. The molecule has 90 valence electrons. The van der Waals surface area contributed by atoms with Gasteiger partial charge in [-0.1, -0.05) is 28.1 Å². The van der Waals surface area contributed by atoms with Crippen LogP contribution in [0.15, 0.2) is 35.1 Å². The van der Waals surface area contributed by atoms with Crippen LogP contribution in [0.4, 0.5) is 0 Å². The molecule has 1 atom stereocenters. The molecule has 0 saturated heterocycles. The fourth-order valence-electron chi connectivity index (χ4n) is 1.81. The normalized spacial score (nSPS) is 12.7. The Bertz CT molecular complexity index is 522. The van der Waals surface area contributed by atoms with E-state index in [2.05, 4.69) is 21.0 Å². The molecule has 1 aromatic carbocycles. The molecule has 0 fully saturated rings. The van der Waals surface area contributed by atoms with Gasteiger partial charge in [0, 0.05) is 24.1 Å². The van der Waals surface area contributed by atoms with Crippen LogP contribution in [0.25, 0.3) is 0 Å². The summed E-state index contributed by atoms with van der Waals surface area (Å²) in [6.07, 6.45) is 3.78. The van der Waals surface area contributed by atoms with Gasteiger partial charge in [-0.15, -0.1) is 0 Å². The molecule has 2 rings (SSSR count). The molecule has 0 bridgehead atoms. The van der Waals surface area contributed by atoms with Crippen molar-refractivity contribution in [1.82, 2.24) is 9.78 Å². The van der Waals surface area contributed by atoms with E-state index in [0.717, 1.165) is 15.6 Å². The molecule has 4 heteroatoms. The third kappa shape index (κ3) is 2.96. The van der Waals surface area contributed by atoms with Gasteiger partial charge in [-0.3, -0.25) is 4.68 Å². The van der Waals surface area contributed by atoms with E-state index in [4.69, 9.17) is 0 Å². The fourth-order valence-corrected chi connectivity index (χ4v) is 2.57. The number of aliphatic hydroxyl groups is 1. The van der Waals surface area contributed by atoms with Crippen molar-refractivity contribution in [2.45, 2.75) is 19.4 Å².